The Morgan fingerprint density at radius 1 is 1.24 bits per heavy atom. The average Bonchev–Trinajstić information content (AvgIpc) is 3.29. The third-order valence-electron chi connectivity index (χ3n) is 3.48. The molecule has 5 nitrogen and oxygen atoms in total. The first-order valence-electron chi connectivity index (χ1n) is 7.25. The van der Waals surface area contributed by atoms with Crippen LogP contribution < -0.4 is 0 Å². The van der Waals surface area contributed by atoms with Gasteiger partial charge in [-0.25, -0.2) is 8.42 Å². The largest absolute Gasteiger partial charge is 0.465 e. The van der Waals surface area contributed by atoms with Gasteiger partial charge in [-0.1, -0.05) is 19.1 Å². The zero-order valence-corrected chi connectivity index (χ0v) is 13.2. The summed E-state index contributed by atoms with van der Waals surface area (Å²) in [5, 5.41) is 0. The van der Waals surface area contributed by atoms with Crippen molar-refractivity contribution in [2.45, 2.75) is 44.0 Å². The van der Waals surface area contributed by atoms with Crippen LogP contribution in [0.1, 0.15) is 32.3 Å². The topological polar surface area (TPSA) is 63.7 Å². The molecule has 2 rings (SSSR count). The zero-order valence-electron chi connectivity index (χ0n) is 12.4. The first-order valence-corrected chi connectivity index (χ1v) is 8.69. The lowest BCUT2D eigenvalue weighted by Crippen LogP contribution is -2.38. The van der Waals surface area contributed by atoms with Crippen LogP contribution in [0.3, 0.4) is 0 Å². The molecule has 0 saturated heterocycles. The standard InChI is InChI=1S/C15H21NO4S/c1-3-12-5-9-14(10-6-12)21(18,19)16(13-7-8-13)11-15(17)20-4-2/h5-6,9-10,13H,3-4,7-8,11H2,1-2H3. The third-order valence-corrected chi connectivity index (χ3v) is 5.40. The summed E-state index contributed by atoms with van der Waals surface area (Å²) in [5.41, 5.74) is 1.08. The van der Waals surface area contributed by atoms with Gasteiger partial charge in [0, 0.05) is 6.04 Å². The van der Waals surface area contributed by atoms with Gasteiger partial charge >= 0.3 is 5.97 Å². The summed E-state index contributed by atoms with van der Waals surface area (Å²) in [5.74, 6) is -0.502. The molecule has 1 aromatic rings. The minimum absolute atomic E-state index is 0.0785. The summed E-state index contributed by atoms with van der Waals surface area (Å²) in [6, 6.07) is 6.75. The lowest BCUT2D eigenvalue weighted by atomic mass is 10.2. The summed E-state index contributed by atoms with van der Waals surface area (Å²) in [6.45, 7) is 3.76. The van der Waals surface area contributed by atoms with E-state index >= 15 is 0 Å². The van der Waals surface area contributed by atoms with E-state index < -0.39 is 16.0 Å². The van der Waals surface area contributed by atoms with Crippen LogP contribution in [0.2, 0.25) is 0 Å². The van der Waals surface area contributed by atoms with Crippen LogP contribution in [0, 0.1) is 0 Å². The normalized spacial score (nSPS) is 15.2. The molecule has 0 N–H and O–H groups in total. The Bertz CT molecular complexity index is 591. The number of hydrogen-bond acceptors (Lipinski definition) is 4. The van der Waals surface area contributed by atoms with Crippen LogP contribution in [0.15, 0.2) is 29.2 Å². The van der Waals surface area contributed by atoms with Gasteiger partial charge in [-0.3, -0.25) is 4.79 Å². The maximum absolute atomic E-state index is 12.7. The molecule has 1 aliphatic carbocycles. The van der Waals surface area contributed by atoms with Crippen molar-refractivity contribution < 1.29 is 17.9 Å². The fourth-order valence-electron chi connectivity index (χ4n) is 2.14. The molecule has 0 bridgehead atoms. The molecule has 0 radical (unpaired) electrons. The number of sulfonamides is 1. The van der Waals surface area contributed by atoms with Crippen molar-refractivity contribution in [1.82, 2.24) is 4.31 Å². The van der Waals surface area contributed by atoms with E-state index in [9.17, 15) is 13.2 Å². The van der Waals surface area contributed by atoms with Gasteiger partial charge in [-0.15, -0.1) is 0 Å². The second kappa shape index (κ2) is 6.58. The van der Waals surface area contributed by atoms with E-state index in [1.54, 1.807) is 19.1 Å². The first kappa shape index (κ1) is 16.0. The Kier molecular flexibility index (Phi) is 5.00. The van der Waals surface area contributed by atoms with E-state index in [-0.39, 0.29) is 24.1 Å². The molecular formula is C15H21NO4S. The molecule has 1 aromatic carbocycles. The number of carbonyl (C=O) groups excluding carboxylic acids is 1. The number of nitrogens with zero attached hydrogens (tertiary/aromatic N) is 1. The van der Waals surface area contributed by atoms with Crippen molar-refractivity contribution in [1.29, 1.82) is 0 Å². The number of esters is 1. The number of rotatable bonds is 7. The van der Waals surface area contributed by atoms with Crippen LogP contribution in [-0.4, -0.2) is 37.9 Å². The van der Waals surface area contributed by atoms with Crippen LogP contribution in [0.4, 0.5) is 0 Å². The lowest BCUT2D eigenvalue weighted by Gasteiger charge is -2.21. The molecule has 0 heterocycles. The Morgan fingerprint density at radius 3 is 2.33 bits per heavy atom. The Hall–Kier alpha value is -1.40. The summed E-state index contributed by atoms with van der Waals surface area (Å²) in [6.07, 6.45) is 2.45. The first-order chi connectivity index (χ1) is 9.98. The van der Waals surface area contributed by atoms with Crippen molar-refractivity contribution in [3.8, 4) is 0 Å². The third kappa shape index (κ3) is 3.83. The number of benzene rings is 1. The number of ether oxygens (including phenoxy) is 1. The molecule has 116 valence electrons. The molecule has 6 heteroatoms. The van der Waals surface area contributed by atoms with Crippen LogP contribution in [0.25, 0.3) is 0 Å². The Labute approximate surface area is 126 Å². The van der Waals surface area contributed by atoms with Gasteiger partial charge in [0.15, 0.2) is 0 Å². The van der Waals surface area contributed by atoms with E-state index in [0.717, 1.165) is 24.8 Å². The van der Waals surface area contributed by atoms with Gasteiger partial charge in [0.05, 0.1) is 11.5 Å². The quantitative estimate of drug-likeness (QED) is 0.722. The molecule has 1 saturated carbocycles. The maximum atomic E-state index is 12.7. The molecule has 0 amide bonds. The minimum Gasteiger partial charge on any atom is -0.465 e. The van der Waals surface area contributed by atoms with Crippen molar-refractivity contribution in [3.05, 3.63) is 29.8 Å². The molecule has 0 unspecified atom stereocenters. The van der Waals surface area contributed by atoms with Gasteiger partial charge in [-0.2, -0.15) is 4.31 Å². The van der Waals surface area contributed by atoms with E-state index in [4.69, 9.17) is 4.74 Å². The van der Waals surface area contributed by atoms with Gasteiger partial charge in [0.25, 0.3) is 0 Å². The fraction of sp³-hybridized carbons (Fsp3) is 0.533. The smallest absolute Gasteiger partial charge is 0.321 e. The second-order valence-electron chi connectivity index (χ2n) is 5.08. The SMILES string of the molecule is CCOC(=O)CN(C1CC1)S(=O)(=O)c1ccc(CC)cc1. The van der Waals surface area contributed by atoms with Gasteiger partial charge in [-0.05, 0) is 43.9 Å². The summed E-state index contributed by atoms with van der Waals surface area (Å²) in [7, 11) is -3.64. The highest BCUT2D eigenvalue weighted by atomic mass is 32.2. The molecule has 0 aromatic heterocycles. The molecule has 0 atom stereocenters. The number of carbonyl (C=O) groups is 1. The predicted octanol–water partition coefficient (Wildman–Crippen LogP) is 1.97. The van der Waals surface area contributed by atoms with Crippen molar-refractivity contribution in [2.75, 3.05) is 13.2 Å². The monoisotopic (exact) mass is 311 g/mol. The van der Waals surface area contributed by atoms with E-state index in [0.29, 0.717) is 0 Å². The highest BCUT2D eigenvalue weighted by Crippen LogP contribution is 2.32. The molecular weight excluding hydrogens is 290 g/mol. The van der Waals surface area contributed by atoms with Crippen LogP contribution in [-0.2, 0) is 26.0 Å². The van der Waals surface area contributed by atoms with Gasteiger partial charge in [0.2, 0.25) is 10.0 Å². The zero-order chi connectivity index (χ0) is 15.5. The van der Waals surface area contributed by atoms with Gasteiger partial charge in [0.1, 0.15) is 6.54 Å². The van der Waals surface area contributed by atoms with Crippen LogP contribution >= 0.6 is 0 Å². The summed E-state index contributed by atoms with van der Waals surface area (Å²) < 4.78 is 31.5. The molecule has 1 fully saturated rings. The number of aryl methyl sites for hydroxylation is 1. The summed E-state index contributed by atoms with van der Waals surface area (Å²) >= 11 is 0. The lowest BCUT2D eigenvalue weighted by molar-refractivity contribution is -0.143. The van der Waals surface area contributed by atoms with Crippen LogP contribution in [0.5, 0.6) is 0 Å². The maximum Gasteiger partial charge on any atom is 0.321 e. The Balaban J connectivity index is 2.22. The highest BCUT2D eigenvalue weighted by molar-refractivity contribution is 7.89. The predicted molar refractivity (Wildman–Crippen MR) is 79.4 cm³/mol. The molecule has 0 aliphatic heterocycles. The van der Waals surface area contributed by atoms with Crippen molar-refractivity contribution >= 4 is 16.0 Å². The second-order valence-corrected chi connectivity index (χ2v) is 6.97. The Morgan fingerprint density at radius 2 is 1.86 bits per heavy atom. The summed E-state index contributed by atoms with van der Waals surface area (Å²) in [4.78, 5) is 11.9. The molecule has 21 heavy (non-hydrogen) atoms. The van der Waals surface area contributed by atoms with E-state index in [1.165, 1.54) is 4.31 Å². The number of hydrogen-bond donors (Lipinski definition) is 0. The van der Waals surface area contributed by atoms with Crippen molar-refractivity contribution in [3.63, 3.8) is 0 Å². The molecule has 1 aliphatic rings. The van der Waals surface area contributed by atoms with E-state index in [1.807, 2.05) is 19.1 Å². The van der Waals surface area contributed by atoms with Gasteiger partial charge < -0.3 is 4.74 Å². The molecule has 0 spiro atoms. The highest BCUT2D eigenvalue weighted by Gasteiger charge is 2.39. The van der Waals surface area contributed by atoms with Crippen molar-refractivity contribution in [2.24, 2.45) is 0 Å². The fourth-order valence-corrected chi connectivity index (χ4v) is 3.77. The van der Waals surface area contributed by atoms with E-state index in [2.05, 4.69) is 0 Å². The average molecular weight is 311 g/mol. The minimum atomic E-state index is -3.64.